The van der Waals surface area contributed by atoms with Crippen LogP contribution in [0.25, 0.3) is 0 Å². The zero-order chi connectivity index (χ0) is 15.7. The number of para-hydroxylation sites is 1. The molecule has 1 fully saturated rings. The van der Waals surface area contributed by atoms with Gasteiger partial charge in [0.05, 0.1) is 11.8 Å². The van der Waals surface area contributed by atoms with Gasteiger partial charge in [-0.25, -0.2) is 0 Å². The maximum atomic E-state index is 12.3. The second-order valence-electron chi connectivity index (χ2n) is 5.48. The van der Waals surface area contributed by atoms with Crippen LogP contribution in [-0.2, 0) is 14.4 Å². The van der Waals surface area contributed by atoms with Gasteiger partial charge in [-0.05, 0) is 25.0 Å². The quantitative estimate of drug-likeness (QED) is 0.868. The van der Waals surface area contributed by atoms with Crippen LogP contribution in [-0.4, -0.2) is 29.2 Å². The topological polar surface area (TPSA) is 66.5 Å². The molecule has 3 amide bonds. The Hall–Kier alpha value is -2.14. The fourth-order valence-electron chi connectivity index (χ4n) is 2.92. The van der Waals surface area contributed by atoms with Crippen LogP contribution in [0.1, 0.15) is 12.8 Å². The first kappa shape index (κ1) is 14.8. The highest BCUT2D eigenvalue weighted by Crippen LogP contribution is 2.38. The van der Waals surface area contributed by atoms with Crippen molar-refractivity contribution in [2.45, 2.75) is 12.8 Å². The van der Waals surface area contributed by atoms with E-state index in [0.717, 1.165) is 4.90 Å². The number of fused-ring (bicyclic) bond motifs is 1. The van der Waals surface area contributed by atoms with Crippen molar-refractivity contribution in [2.24, 2.45) is 11.8 Å². The van der Waals surface area contributed by atoms with E-state index in [0.29, 0.717) is 23.6 Å². The Labute approximate surface area is 132 Å². The molecule has 2 aliphatic rings. The molecule has 0 spiro atoms. The molecule has 114 valence electrons. The normalized spacial score (nSPS) is 24.0. The molecule has 1 aromatic carbocycles. The van der Waals surface area contributed by atoms with Gasteiger partial charge in [0.25, 0.3) is 0 Å². The summed E-state index contributed by atoms with van der Waals surface area (Å²) in [5.74, 6) is -1.76. The fraction of sp³-hybridized carbons (Fsp3) is 0.312. The number of nitrogens with zero attached hydrogens (tertiary/aromatic N) is 1. The molecule has 1 N–H and O–H groups in total. The van der Waals surface area contributed by atoms with Gasteiger partial charge in [-0.3, -0.25) is 19.3 Å². The van der Waals surface area contributed by atoms with Crippen LogP contribution in [0.15, 0.2) is 41.4 Å². The first-order valence-corrected chi connectivity index (χ1v) is 7.48. The van der Waals surface area contributed by atoms with Gasteiger partial charge in [0, 0.05) is 10.7 Å². The number of hydrogen-bond donors (Lipinski definition) is 1. The minimum absolute atomic E-state index is 0.253. The lowest BCUT2D eigenvalue weighted by atomic mass is 9.85. The number of hydrogen-bond acceptors (Lipinski definition) is 3. The summed E-state index contributed by atoms with van der Waals surface area (Å²) in [5, 5.41) is 3.29. The van der Waals surface area contributed by atoms with E-state index in [1.54, 1.807) is 30.3 Å². The van der Waals surface area contributed by atoms with Gasteiger partial charge >= 0.3 is 0 Å². The van der Waals surface area contributed by atoms with Crippen molar-refractivity contribution in [2.75, 3.05) is 11.9 Å². The van der Waals surface area contributed by atoms with E-state index in [1.165, 1.54) is 0 Å². The number of allylic oxidation sites excluding steroid dienone is 2. The Balaban J connectivity index is 1.67. The summed E-state index contributed by atoms with van der Waals surface area (Å²) in [6.07, 6.45) is 2.62. The maximum absolute atomic E-state index is 12.3. The van der Waals surface area contributed by atoms with Crippen molar-refractivity contribution >= 4 is 35.0 Å². The molecule has 6 heteroatoms. The van der Waals surface area contributed by atoms with Crippen LogP contribution >= 0.6 is 11.6 Å². The Kier molecular flexibility index (Phi) is 3.98. The lowest BCUT2D eigenvalue weighted by Gasteiger charge is -2.17. The summed E-state index contributed by atoms with van der Waals surface area (Å²) in [6, 6.07) is 8.92. The predicted molar refractivity (Wildman–Crippen MR) is 81.9 cm³/mol. The van der Waals surface area contributed by atoms with Crippen molar-refractivity contribution in [1.82, 2.24) is 4.90 Å². The fourth-order valence-corrected chi connectivity index (χ4v) is 3.17. The molecule has 0 unspecified atom stereocenters. The first-order chi connectivity index (χ1) is 10.6. The summed E-state index contributed by atoms with van der Waals surface area (Å²) in [7, 11) is 0. The lowest BCUT2D eigenvalue weighted by molar-refractivity contribution is -0.142. The molecule has 0 bridgehead atoms. The summed E-state index contributed by atoms with van der Waals surface area (Å²) < 4.78 is 0. The molecular formula is C16H15ClN2O3. The van der Waals surface area contributed by atoms with Crippen LogP contribution in [0.5, 0.6) is 0 Å². The van der Waals surface area contributed by atoms with Gasteiger partial charge in [-0.1, -0.05) is 35.9 Å². The zero-order valence-electron chi connectivity index (χ0n) is 11.8. The molecule has 1 aliphatic heterocycles. The monoisotopic (exact) mass is 318 g/mol. The van der Waals surface area contributed by atoms with Crippen molar-refractivity contribution < 1.29 is 14.4 Å². The highest BCUT2D eigenvalue weighted by Gasteiger charge is 2.48. The van der Waals surface area contributed by atoms with Crippen molar-refractivity contribution in [1.29, 1.82) is 0 Å². The second kappa shape index (κ2) is 5.93. The molecule has 1 heterocycles. The Morgan fingerprint density at radius 1 is 1.18 bits per heavy atom. The minimum Gasteiger partial charge on any atom is -0.325 e. The van der Waals surface area contributed by atoms with E-state index in [-0.39, 0.29) is 30.2 Å². The standard InChI is InChI=1S/C16H15ClN2O3/c17-10-6-7-12-13(8-10)16(22)19(15(12)21)9-14(20)18-11-4-2-1-3-5-11/h1-6,12-13H,7-9H2,(H,18,20)/t12-,13-/m0/s1. The number of nitrogens with one attached hydrogen (secondary N) is 1. The summed E-state index contributed by atoms with van der Waals surface area (Å²) in [5.41, 5.74) is 0.633. The number of carbonyl (C=O) groups excluding carboxylic acids is 3. The van der Waals surface area contributed by atoms with Crippen LogP contribution in [0.3, 0.4) is 0 Å². The lowest BCUT2D eigenvalue weighted by Crippen LogP contribution is -2.38. The van der Waals surface area contributed by atoms with E-state index in [2.05, 4.69) is 5.32 Å². The van der Waals surface area contributed by atoms with Crippen molar-refractivity contribution in [3.05, 3.63) is 41.4 Å². The zero-order valence-corrected chi connectivity index (χ0v) is 12.5. The highest BCUT2D eigenvalue weighted by atomic mass is 35.5. The van der Waals surface area contributed by atoms with Crippen molar-refractivity contribution in [3.63, 3.8) is 0 Å². The maximum Gasteiger partial charge on any atom is 0.244 e. The predicted octanol–water partition coefficient (Wildman–Crippen LogP) is 2.14. The average molecular weight is 319 g/mol. The number of anilines is 1. The van der Waals surface area contributed by atoms with Gasteiger partial charge in [-0.15, -0.1) is 0 Å². The molecule has 22 heavy (non-hydrogen) atoms. The number of amides is 3. The van der Waals surface area contributed by atoms with E-state index >= 15 is 0 Å². The third kappa shape index (κ3) is 2.76. The number of likely N-dealkylation sites (tertiary alicyclic amines) is 1. The number of carbonyl (C=O) groups is 3. The van der Waals surface area contributed by atoms with Crippen LogP contribution in [0.2, 0.25) is 0 Å². The van der Waals surface area contributed by atoms with E-state index in [9.17, 15) is 14.4 Å². The van der Waals surface area contributed by atoms with Gasteiger partial charge < -0.3 is 5.32 Å². The number of halogens is 1. The largest absolute Gasteiger partial charge is 0.325 e. The Morgan fingerprint density at radius 2 is 1.86 bits per heavy atom. The van der Waals surface area contributed by atoms with Gasteiger partial charge in [-0.2, -0.15) is 0 Å². The molecular weight excluding hydrogens is 304 g/mol. The van der Waals surface area contributed by atoms with Crippen LogP contribution in [0, 0.1) is 11.8 Å². The molecule has 2 atom stereocenters. The van der Waals surface area contributed by atoms with E-state index in [1.807, 2.05) is 6.07 Å². The molecule has 1 aromatic rings. The minimum atomic E-state index is -0.422. The average Bonchev–Trinajstić information content (AvgIpc) is 2.73. The van der Waals surface area contributed by atoms with Crippen molar-refractivity contribution in [3.8, 4) is 0 Å². The SMILES string of the molecule is O=C(CN1C(=O)[C@H]2CC=C(Cl)C[C@@H]2C1=O)Nc1ccccc1. The van der Waals surface area contributed by atoms with Gasteiger partial charge in [0.1, 0.15) is 6.54 Å². The summed E-state index contributed by atoms with van der Waals surface area (Å²) in [4.78, 5) is 37.7. The van der Waals surface area contributed by atoms with Crippen LogP contribution in [0.4, 0.5) is 5.69 Å². The van der Waals surface area contributed by atoms with Gasteiger partial charge in [0.2, 0.25) is 17.7 Å². The molecule has 0 saturated carbocycles. The Morgan fingerprint density at radius 3 is 2.59 bits per heavy atom. The number of rotatable bonds is 3. The third-order valence-electron chi connectivity index (χ3n) is 4.02. The highest BCUT2D eigenvalue weighted by molar-refractivity contribution is 6.30. The first-order valence-electron chi connectivity index (χ1n) is 7.11. The van der Waals surface area contributed by atoms with Crippen LogP contribution < -0.4 is 5.32 Å². The molecule has 5 nitrogen and oxygen atoms in total. The molecule has 3 rings (SSSR count). The van der Waals surface area contributed by atoms with E-state index < -0.39 is 5.92 Å². The number of benzene rings is 1. The van der Waals surface area contributed by atoms with Gasteiger partial charge in [0.15, 0.2) is 0 Å². The molecule has 1 saturated heterocycles. The molecule has 0 aromatic heterocycles. The molecule has 0 radical (unpaired) electrons. The third-order valence-corrected chi connectivity index (χ3v) is 4.33. The summed E-state index contributed by atoms with van der Waals surface area (Å²) >= 11 is 5.96. The molecule has 1 aliphatic carbocycles. The second-order valence-corrected chi connectivity index (χ2v) is 5.97. The van der Waals surface area contributed by atoms with E-state index in [4.69, 9.17) is 11.6 Å². The number of imide groups is 1. The summed E-state index contributed by atoms with van der Waals surface area (Å²) in [6.45, 7) is -0.253. The smallest absolute Gasteiger partial charge is 0.244 e. The Bertz CT molecular complexity index is 657.